The third kappa shape index (κ3) is 5.69. The van der Waals surface area contributed by atoms with Crippen LogP contribution in [0.2, 0.25) is 0 Å². The lowest BCUT2D eigenvalue weighted by molar-refractivity contribution is -0.138. The van der Waals surface area contributed by atoms with E-state index in [1.807, 2.05) is 0 Å². The van der Waals surface area contributed by atoms with Crippen LogP contribution in [0.3, 0.4) is 0 Å². The molecule has 106 valence electrons. The predicted octanol–water partition coefficient (Wildman–Crippen LogP) is 2.97. The summed E-state index contributed by atoms with van der Waals surface area (Å²) in [6, 6.07) is 3.67. The molecule has 0 aliphatic heterocycles. The van der Waals surface area contributed by atoms with E-state index < -0.39 is 18.4 Å². The Kier molecular flexibility index (Phi) is 5.29. The van der Waals surface area contributed by atoms with Crippen molar-refractivity contribution in [3.8, 4) is 0 Å². The molecule has 0 saturated heterocycles. The van der Waals surface area contributed by atoms with Crippen molar-refractivity contribution in [2.45, 2.75) is 25.6 Å². The zero-order chi connectivity index (χ0) is 14.5. The number of alkyl halides is 3. The maximum absolute atomic E-state index is 13.0. The number of nitrogens with two attached hydrogens (primary N) is 1. The summed E-state index contributed by atoms with van der Waals surface area (Å²) >= 11 is 0. The van der Waals surface area contributed by atoms with Gasteiger partial charge >= 0.3 is 6.18 Å². The molecule has 7 heteroatoms. The van der Waals surface area contributed by atoms with Crippen LogP contribution in [0.5, 0.6) is 0 Å². The molecule has 0 unspecified atom stereocenters. The summed E-state index contributed by atoms with van der Waals surface area (Å²) in [7, 11) is 0. The molecule has 3 nitrogen and oxygen atoms in total. The van der Waals surface area contributed by atoms with Crippen LogP contribution in [0, 0.1) is 11.2 Å². The zero-order valence-electron chi connectivity index (χ0n) is 10.1. The molecule has 0 amide bonds. The normalized spacial score (nSPS) is 11.6. The number of amidine groups is 1. The first-order valence-corrected chi connectivity index (χ1v) is 5.57. The SMILES string of the molecule is N=C(N)c1cc(F)ccc1COCCCC(F)(F)F. The third-order valence-electron chi connectivity index (χ3n) is 2.37. The van der Waals surface area contributed by atoms with Gasteiger partial charge in [0.05, 0.1) is 6.61 Å². The Morgan fingerprint density at radius 2 is 2.00 bits per heavy atom. The molecule has 0 aliphatic carbocycles. The number of halogens is 4. The van der Waals surface area contributed by atoms with Gasteiger partial charge in [-0.2, -0.15) is 13.2 Å². The van der Waals surface area contributed by atoms with Gasteiger partial charge in [-0.1, -0.05) is 6.07 Å². The molecule has 0 aliphatic rings. The fourth-order valence-corrected chi connectivity index (χ4v) is 1.48. The lowest BCUT2D eigenvalue weighted by Crippen LogP contribution is -2.15. The summed E-state index contributed by atoms with van der Waals surface area (Å²) in [5, 5.41) is 7.28. The van der Waals surface area contributed by atoms with Gasteiger partial charge in [0, 0.05) is 18.6 Å². The Labute approximate surface area is 107 Å². The summed E-state index contributed by atoms with van der Waals surface area (Å²) in [5.41, 5.74) is 5.95. The van der Waals surface area contributed by atoms with E-state index in [0.29, 0.717) is 5.56 Å². The van der Waals surface area contributed by atoms with Crippen LogP contribution in [-0.2, 0) is 11.3 Å². The molecule has 0 spiro atoms. The summed E-state index contributed by atoms with van der Waals surface area (Å²) in [6.45, 7) is -0.0682. The summed E-state index contributed by atoms with van der Waals surface area (Å²) < 4.78 is 53.7. The molecule has 19 heavy (non-hydrogen) atoms. The van der Waals surface area contributed by atoms with E-state index in [2.05, 4.69) is 0 Å². The Bertz CT molecular complexity index is 446. The van der Waals surface area contributed by atoms with Gasteiger partial charge in [-0.05, 0) is 24.1 Å². The molecule has 1 rings (SSSR count). The minimum Gasteiger partial charge on any atom is -0.384 e. The first-order chi connectivity index (χ1) is 8.79. The van der Waals surface area contributed by atoms with E-state index in [4.69, 9.17) is 15.9 Å². The molecule has 0 atom stereocenters. The molecular weight excluding hydrogens is 264 g/mol. The predicted molar refractivity (Wildman–Crippen MR) is 62.4 cm³/mol. The van der Waals surface area contributed by atoms with E-state index in [0.717, 1.165) is 6.07 Å². The topological polar surface area (TPSA) is 59.1 Å². The number of nitrogens with one attached hydrogen (secondary N) is 1. The molecule has 1 aromatic carbocycles. The summed E-state index contributed by atoms with van der Waals surface area (Å²) in [6.07, 6.45) is -5.24. The highest BCUT2D eigenvalue weighted by atomic mass is 19.4. The number of ether oxygens (including phenoxy) is 1. The van der Waals surface area contributed by atoms with E-state index in [-0.39, 0.29) is 31.0 Å². The van der Waals surface area contributed by atoms with Gasteiger partial charge in [0.2, 0.25) is 0 Å². The molecule has 0 aromatic heterocycles. The van der Waals surface area contributed by atoms with Gasteiger partial charge in [0.25, 0.3) is 0 Å². The van der Waals surface area contributed by atoms with Gasteiger partial charge in [-0.15, -0.1) is 0 Å². The highest BCUT2D eigenvalue weighted by molar-refractivity contribution is 5.96. The molecular formula is C12H14F4N2O. The molecule has 1 aromatic rings. The fourth-order valence-electron chi connectivity index (χ4n) is 1.48. The van der Waals surface area contributed by atoms with Crippen LogP contribution in [0.4, 0.5) is 17.6 Å². The van der Waals surface area contributed by atoms with Crippen molar-refractivity contribution in [2.75, 3.05) is 6.61 Å². The zero-order valence-corrected chi connectivity index (χ0v) is 10.1. The number of hydrogen-bond acceptors (Lipinski definition) is 2. The highest BCUT2D eigenvalue weighted by Crippen LogP contribution is 2.21. The Morgan fingerprint density at radius 1 is 1.32 bits per heavy atom. The van der Waals surface area contributed by atoms with Crippen molar-refractivity contribution in [1.29, 1.82) is 5.41 Å². The monoisotopic (exact) mass is 278 g/mol. The lowest BCUT2D eigenvalue weighted by atomic mass is 10.1. The quantitative estimate of drug-likeness (QED) is 0.364. The number of benzene rings is 1. The second kappa shape index (κ2) is 6.51. The van der Waals surface area contributed by atoms with E-state index in [1.54, 1.807) is 0 Å². The van der Waals surface area contributed by atoms with Crippen LogP contribution in [0.25, 0.3) is 0 Å². The summed E-state index contributed by atoms with van der Waals surface area (Å²) in [4.78, 5) is 0. The third-order valence-corrected chi connectivity index (χ3v) is 2.37. The highest BCUT2D eigenvalue weighted by Gasteiger charge is 2.25. The van der Waals surface area contributed by atoms with E-state index in [1.165, 1.54) is 12.1 Å². The van der Waals surface area contributed by atoms with Crippen molar-refractivity contribution in [2.24, 2.45) is 5.73 Å². The van der Waals surface area contributed by atoms with Crippen molar-refractivity contribution in [3.05, 3.63) is 35.1 Å². The van der Waals surface area contributed by atoms with Crippen LogP contribution >= 0.6 is 0 Å². The Hall–Kier alpha value is -1.63. The molecule has 0 heterocycles. The maximum Gasteiger partial charge on any atom is 0.389 e. The van der Waals surface area contributed by atoms with Crippen molar-refractivity contribution >= 4 is 5.84 Å². The number of hydrogen-bond donors (Lipinski definition) is 2. The average molecular weight is 278 g/mol. The van der Waals surface area contributed by atoms with Crippen LogP contribution < -0.4 is 5.73 Å². The molecule has 0 fully saturated rings. The molecule has 0 radical (unpaired) electrons. The Balaban J connectivity index is 2.47. The second-order valence-corrected chi connectivity index (χ2v) is 3.99. The molecule has 3 N–H and O–H groups in total. The van der Waals surface area contributed by atoms with Gasteiger partial charge in [0.15, 0.2) is 0 Å². The van der Waals surface area contributed by atoms with Gasteiger partial charge in [0.1, 0.15) is 11.7 Å². The summed E-state index contributed by atoms with van der Waals surface area (Å²) in [5.74, 6) is -0.848. The lowest BCUT2D eigenvalue weighted by Gasteiger charge is -2.10. The van der Waals surface area contributed by atoms with Crippen molar-refractivity contribution in [1.82, 2.24) is 0 Å². The van der Waals surface area contributed by atoms with Gasteiger partial charge in [-0.3, -0.25) is 5.41 Å². The first kappa shape index (κ1) is 15.4. The van der Waals surface area contributed by atoms with Gasteiger partial charge < -0.3 is 10.5 Å². The van der Waals surface area contributed by atoms with E-state index >= 15 is 0 Å². The molecule has 0 bridgehead atoms. The standard InChI is InChI=1S/C12H14F4N2O/c13-9-3-2-8(10(6-9)11(17)18)7-19-5-1-4-12(14,15)16/h2-3,6H,1,4-5,7H2,(H3,17,18). The minimum absolute atomic E-state index is 0.00689. The van der Waals surface area contributed by atoms with Crippen molar-refractivity contribution < 1.29 is 22.3 Å². The van der Waals surface area contributed by atoms with Crippen LogP contribution in [-0.4, -0.2) is 18.6 Å². The largest absolute Gasteiger partial charge is 0.389 e. The van der Waals surface area contributed by atoms with E-state index in [9.17, 15) is 17.6 Å². The number of nitrogen functional groups attached to an aromatic ring is 1. The van der Waals surface area contributed by atoms with Crippen molar-refractivity contribution in [3.63, 3.8) is 0 Å². The maximum atomic E-state index is 13.0. The van der Waals surface area contributed by atoms with Gasteiger partial charge in [-0.25, -0.2) is 4.39 Å². The fraction of sp³-hybridized carbons (Fsp3) is 0.417. The van der Waals surface area contributed by atoms with Crippen LogP contribution in [0.15, 0.2) is 18.2 Å². The Morgan fingerprint density at radius 3 is 2.58 bits per heavy atom. The smallest absolute Gasteiger partial charge is 0.384 e. The first-order valence-electron chi connectivity index (χ1n) is 5.57. The number of rotatable bonds is 6. The minimum atomic E-state index is -4.19. The average Bonchev–Trinajstić information content (AvgIpc) is 2.28. The molecule has 0 saturated carbocycles. The van der Waals surface area contributed by atoms with Crippen LogP contribution in [0.1, 0.15) is 24.0 Å². The second-order valence-electron chi connectivity index (χ2n) is 3.99.